The van der Waals surface area contributed by atoms with E-state index in [2.05, 4.69) is 47.5 Å². The van der Waals surface area contributed by atoms with Crippen LogP contribution in [0, 0.1) is 6.92 Å². The van der Waals surface area contributed by atoms with Crippen LogP contribution in [0.2, 0.25) is 0 Å². The Kier molecular flexibility index (Phi) is 3.95. The molecule has 1 N–H and O–H groups in total. The predicted octanol–water partition coefficient (Wildman–Crippen LogP) is 2.03. The number of hydrogen-bond acceptors (Lipinski definition) is 4. The van der Waals surface area contributed by atoms with E-state index in [9.17, 15) is 0 Å². The lowest BCUT2D eigenvalue weighted by molar-refractivity contribution is 0.347. The van der Waals surface area contributed by atoms with Gasteiger partial charge < -0.3 is 5.32 Å². The van der Waals surface area contributed by atoms with Crippen LogP contribution in [-0.4, -0.2) is 20.0 Å². The molecule has 0 radical (unpaired) electrons. The van der Waals surface area contributed by atoms with Crippen LogP contribution in [-0.2, 0) is 18.6 Å². The summed E-state index contributed by atoms with van der Waals surface area (Å²) in [4.78, 5) is 4.27. The zero-order valence-electron chi connectivity index (χ0n) is 12.0. The Balaban J connectivity index is 1.86. The highest BCUT2D eigenvalue weighted by Gasteiger charge is 2.14. The number of aromatic nitrogens is 4. The van der Waals surface area contributed by atoms with Gasteiger partial charge in [-0.3, -0.25) is 4.98 Å². The Hall–Kier alpha value is -1.75. The Bertz CT molecular complexity index is 522. The molecule has 0 spiro atoms. The van der Waals surface area contributed by atoms with Crippen molar-refractivity contribution >= 4 is 0 Å². The largest absolute Gasteiger partial charge is 0.307 e. The van der Waals surface area contributed by atoms with Crippen molar-refractivity contribution in [2.75, 3.05) is 0 Å². The zero-order chi connectivity index (χ0) is 13.9. The maximum absolute atomic E-state index is 4.27. The van der Waals surface area contributed by atoms with Crippen molar-refractivity contribution in [3.63, 3.8) is 0 Å². The second-order valence-corrected chi connectivity index (χ2v) is 5.74. The molecule has 0 unspecified atom stereocenters. The summed E-state index contributed by atoms with van der Waals surface area (Å²) in [6.07, 6.45) is 3.88. The monoisotopic (exact) mass is 259 g/mol. The Morgan fingerprint density at radius 1 is 1.21 bits per heavy atom. The van der Waals surface area contributed by atoms with Crippen molar-refractivity contribution < 1.29 is 0 Å². The molecule has 0 saturated carbocycles. The molecule has 0 atom stereocenters. The van der Waals surface area contributed by atoms with Gasteiger partial charge in [-0.1, -0.05) is 11.3 Å². The van der Waals surface area contributed by atoms with Crippen LogP contribution in [0.1, 0.15) is 37.7 Å². The van der Waals surface area contributed by atoms with E-state index in [4.69, 9.17) is 0 Å². The van der Waals surface area contributed by atoms with E-state index in [0.29, 0.717) is 6.54 Å². The molecular weight excluding hydrogens is 238 g/mol. The molecule has 2 aromatic rings. The second-order valence-electron chi connectivity index (χ2n) is 5.74. The van der Waals surface area contributed by atoms with Crippen molar-refractivity contribution in [2.45, 2.75) is 46.3 Å². The maximum atomic E-state index is 4.27. The summed E-state index contributed by atoms with van der Waals surface area (Å²) >= 11 is 0. The molecule has 19 heavy (non-hydrogen) atoms. The van der Waals surface area contributed by atoms with Crippen LogP contribution in [0.3, 0.4) is 0 Å². The molecule has 0 bridgehead atoms. The third-order valence-corrected chi connectivity index (χ3v) is 2.84. The molecule has 5 nitrogen and oxygen atoms in total. The summed E-state index contributed by atoms with van der Waals surface area (Å²) in [6.45, 7) is 9.81. The van der Waals surface area contributed by atoms with Crippen LogP contribution in [0.5, 0.6) is 0 Å². The third kappa shape index (κ3) is 3.86. The fraction of sp³-hybridized carbons (Fsp3) is 0.500. The van der Waals surface area contributed by atoms with Crippen LogP contribution in [0.4, 0.5) is 0 Å². The lowest BCUT2D eigenvalue weighted by Gasteiger charge is -2.17. The van der Waals surface area contributed by atoms with E-state index >= 15 is 0 Å². The normalized spacial score (nSPS) is 11.8. The number of rotatable bonds is 4. The fourth-order valence-electron chi connectivity index (χ4n) is 1.65. The molecule has 0 saturated heterocycles. The summed E-state index contributed by atoms with van der Waals surface area (Å²) in [5.41, 5.74) is 3.15. The van der Waals surface area contributed by atoms with Gasteiger partial charge in [0.1, 0.15) is 0 Å². The highest BCUT2D eigenvalue weighted by molar-refractivity contribution is 5.12. The number of pyridine rings is 1. The van der Waals surface area contributed by atoms with E-state index in [1.807, 2.05) is 30.1 Å². The van der Waals surface area contributed by atoms with Gasteiger partial charge in [-0.2, -0.15) is 0 Å². The molecule has 0 amide bonds. The lowest BCUT2D eigenvalue weighted by Crippen LogP contribution is -2.22. The van der Waals surface area contributed by atoms with E-state index in [1.54, 1.807) is 0 Å². The van der Waals surface area contributed by atoms with E-state index in [1.165, 1.54) is 5.56 Å². The van der Waals surface area contributed by atoms with Gasteiger partial charge in [-0.25, -0.2) is 4.68 Å². The maximum Gasteiger partial charge on any atom is 0.0965 e. The minimum Gasteiger partial charge on any atom is -0.307 e. The van der Waals surface area contributed by atoms with Crippen LogP contribution < -0.4 is 5.32 Å². The molecule has 102 valence electrons. The minimum absolute atomic E-state index is 0.0217. The summed E-state index contributed by atoms with van der Waals surface area (Å²) in [5.74, 6) is 0. The first-order valence-corrected chi connectivity index (χ1v) is 6.49. The minimum atomic E-state index is -0.0217. The smallest absolute Gasteiger partial charge is 0.0965 e. The van der Waals surface area contributed by atoms with Crippen LogP contribution >= 0.6 is 0 Å². The number of nitrogens with one attached hydrogen (secondary N) is 1. The zero-order valence-corrected chi connectivity index (χ0v) is 12.0. The molecule has 5 heteroatoms. The molecule has 0 aliphatic rings. The molecule has 0 aromatic carbocycles. The second kappa shape index (κ2) is 5.48. The van der Waals surface area contributed by atoms with Crippen molar-refractivity contribution in [2.24, 2.45) is 0 Å². The molecule has 2 heterocycles. The van der Waals surface area contributed by atoms with Gasteiger partial charge in [0, 0.05) is 25.0 Å². The highest BCUT2D eigenvalue weighted by Crippen LogP contribution is 2.11. The topological polar surface area (TPSA) is 55.6 Å². The number of nitrogens with zero attached hydrogens (tertiary/aromatic N) is 4. The average Bonchev–Trinajstić information content (AvgIpc) is 2.80. The first-order chi connectivity index (χ1) is 8.95. The number of aryl methyl sites for hydroxylation is 1. The quantitative estimate of drug-likeness (QED) is 0.912. The lowest BCUT2D eigenvalue weighted by atomic mass is 10.1. The fourth-order valence-corrected chi connectivity index (χ4v) is 1.65. The first kappa shape index (κ1) is 13.7. The number of hydrogen-bond donors (Lipinski definition) is 1. The Labute approximate surface area is 114 Å². The molecule has 2 aromatic heterocycles. The Morgan fingerprint density at radius 2 is 2.00 bits per heavy atom. The van der Waals surface area contributed by atoms with Gasteiger partial charge in [-0.05, 0) is 39.3 Å². The van der Waals surface area contributed by atoms with Gasteiger partial charge in [0.05, 0.1) is 17.4 Å². The summed E-state index contributed by atoms with van der Waals surface area (Å²) in [5, 5.41) is 11.6. The third-order valence-electron chi connectivity index (χ3n) is 2.84. The van der Waals surface area contributed by atoms with Gasteiger partial charge >= 0.3 is 0 Å². The van der Waals surface area contributed by atoms with Gasteiger partial charge in [0.25, 0.3) is 0 Å². The van der Waals surface area contributed by atoms with Crippen molar-refractivity contribution in [3.8, 4) is 0 Å². The molecule has 0 aliphatic carbocycles. The van der Waals surface area contributed by atoms with E-state index in [-0.39, 0.29) is 5.54 Å². The van der Waals surface area contributed by atoms with Crippen molar-refractivity contribution in [3.05, 3.63) is 41.5 Å². The highest BCUT2D eigenvalue weighted by atomic mass is 15.4. The van der Waals surface area contributed by atoms with Crippen LogP contribution in [0.25, 0.3) is 0 Å². The average molecular weight is 259 g/mol. The Morgan fingerprint density at radius 3 is 2.58 bits per heavy atom. The van der Waals surface area contributed by atoms with E-state index in [0.717, 1.165) is 17.9 Å². The molecule has 0 fully saturated rings. The standard InChI is InChI=1S/C14H21N5/c1-11-5-6-12(8-16-11)7-15-9-13-10-19(18-17-13)14(2,3)4/h5-6,8,10,15H,7,9H2,1-4H3. The first-order valence-electron chi connectivity index (χ1n) is 6.49. The summed E-state index contributed by atoms with van der Waals surface area (Å²) in [6, 6.07) is 4.11. The van der Waals surface area contributed by atoms with Gasteiger partial charge in [-0.15, -0.1) is 5.10 Å². The van der Waals surface area contributed by atoms with Crippen molar-refractivity contribution in [1.82, 2.24) is 25.3 Å². The SMILES string of the molecule is Cc1ccc(CNCc2cn(C(C)(C)C)nn2)cn1. The van der Waals surface area contributed by atoms with Crippen LogP contribution in [0.15, 0.2) is 24.5 Å². The van der Waals surface area contributed by atoms with Gasteiger partial charge in [0.2, 0.25) is 0 Å². The van der Waals surface area contributed by atoms with Gasteiger partial charge in [0.15, 0.2) is 0 Å². The summed E-state index contributed by atoms with van der Waals surface area (Å²) < 4.78 is 1.89. The predicted molar refractivity (Wildman–Crippen MR) is 74.5 cm³/mol. The molecule has 0 aliphatic heterocycles. The van der Waals surface area contributed by atoms with E-state index < -0.39 is 0 Å². The molecule has 2 rings (SSSR count). The summed E-state index contributed by atoms with van der Waals surface area (Å²) in [7, 11) is 0. The molecular formula is C14H21N5. The van der Waals surface area contributed by atoms with Crippen molar-refractivity contribution in [1.29, 1.82) is 0 Å².